The number of hydrogen-bond donors (Lipinski definition) is 3. The van der Waals surface area contributed by atoms with Crippen molar-refractivity contribution in [3.05, 3.63) is 85.1 Å². The van der Waals surface area contributed by atoms with Gasteiger partial charge in [0.2, 0.25) is 0 Å². The fourth-order valence-corrected chi connectivity index (χ4v) is 12.1. The summed E-state index contributed by atoms with van der Waals surface area (Å²) in [6.07, 6.45) is 72.8. The first-order valence-corrected chi connectivity index (χ1v) is 41.8. The number of carbonyl (C=O) groups is 4. The van der Waals surface area contributed by atoms with E-state index in [-0.39, 0.29) is 25.7 Å². The van der Waals surface area contributed by atoms with Crippen LogP contribution < -0.4 is 0 Å². The van der Waals surface area contributed by atoms with Gasteiger partial charge in [0.1, 0.15) is 19.3 Å². The molecule has 0 amide bonds. The zero-order chi connectivity index (χ0) is 71.8. The Kier molecular flexibility index (Phi) is 68.9. The van der Waals surface area contributed by atoms with Crippen LogP contribution >= 0.6 is 15.6 Å². The lowest BCUT2D eigenvalue weighted by Gasteiger charge is -2.21. The molecule has 98 heavy (non-hydrogen) atoms. The number of allylic oxidation sites excluding steroid dienone is 14. The van der Waals surface area contributed by atoms with Crippen molar-refractivity contribution in [2.75, 3.05) is 39.6 Å². The molecule has 0 bridgehead atoms. The third-order valence-corrected chi connectivity index (χ3v) is 18.3. The minimum absolute atomic E-state index is 0.0825. The lowest BCUT2D eigenvalue weighted by Crippen LogP contribution is -2.30. The van der Waals surface area contributed by atoms with Gasteiger partial charge in [-0.1, -0.05) is 280 Å². The van der Waals surface area contributed by atoms with Crippen molar-refractivity contribution in [2.45, 2.75) is 354 Å². The van der Waals surface area contributed by atoms with Crippen molar-refractivity contribution in [1.29, 1.82) is 0 Å². The first-order chi connectivity index (χ1) is 47.7. The average Bonchev–Trinajstić information content (AvgIpc) is 0.980. The van der Waals surface area contributed by atoms with Crippen LogP contribution in [-0.4, -0.2) is 96.7 Å². The van der Waals surface area contributed by atoms with Gasteiger partial charge in [0.25, 0.3) is 0 Å². The molecule has 5 atom stereocenters. The second-order valence-corrected chi connectivity index (χ2v) is 28.8. The molecule has 568 valence electrons. The summed E-state index contributed by atoms with van der Waals surface area (Å²) in [5, 5.41) is 10.6. The van der Waals surface area contributed by atoms with Crippen LogP contribution in [0.5, 0.6) is 0 Å². The van der Waals surface area contributed by atoms with Gasteiger partial charge in [0, 0.05) is 25.7 Å². The number of phosphoric ester groups is 2. The Hall–Kier alpha value is -3.76. The summed E-state index contributed by atoms with van der Waals surface area (Å²) in [7, 11) is -9.94. The predicted molar refractivity (Wildman–Crippen MR) is 399 cm³/mol. The van der Waals surface area contributed by atoms with E-state index in [1.54, 1.807) is 0 Å². The van der Waals surface area contributed by atoms with Gasteiger partial charge in [-0.2, -0.15) is 0 Å². The maximum absolute atomic E-state index is 13.1. The van der Waals surface area contributed by atoms with Gasteiger partial charge in [-0.15, -0.1) is 0 Å². The number of aliphatic hydroxyl groups excluding tert-OH is 1. The highest BCUT2D eigenvalue weighted by atomic mass is 31.2. The second-order valence-electron chi connectivity index (χ2n) is 25.9. The molecule has 0 aromatic heterocycles. The van der Waals surface area contributed by atoms with E-state index in [4.69, 9.17) is 37.0 Å². The number of carbonyl (C=O) groups excluding carboxylic acids is 4. The highest BCUT2D eigenvalue weighted by Crippen LogP contribution is 2.45. The third kappa shape index (κ3) is 70.7. The number of hydrogen-bond acceptors (Lipinski definition) is 15. The van der Waals surface area contributed by atoms with Crippen LogP contribution in [0.1, 0.15) is 336 Å². The van der Waals surface area contributed by atoms with E-state index in [2.05, 4.69) is 113 Å². The van der Waals surface area contributed by atoms with Crippen LogP contribution in [0.3, 0.4) is 0 Å². The summed E-state index contributed by atoms with van der Waals surface area (Å²) in [6, 6.07) is 0. The molecule has 0 radical (unpaired) electrons. The van der Waals surface area contributed by atoms with Crippen LogP contribution in [0.4, 0.5) is 0 Å². The van der Waals surface area contributed by atoms with Crippen LogP contribution in [0.2, 0.25) is 0 Å². The number of ether oxygens (including phenoxy) is 4. The number of esters is 4. The van der Waals surface area contributed by atoms with Crippen molar-refractivity contribution in [3.63, 3.8) is 0 Å². The van der Waals surface area contributed by atoms with Gasteiger partial charge < -0.3 is 33.8 Å². The molecule has 0 aliphatic rings. The molecule has 19 heteroatoms. The topological polar surface area (TPSA) is 237 Å². The summed E-state index contributed by atoms with van der Waals surface area (Å²) in [5.74, 6) is -2.18. The van der Waals surface area contributed by atoms with Gasteiger partial charge >= 0.3 is 39.5 Å². The number of unbranched alkanes of at least 4 members (excludes halogenated alkanes) is 33. The molecule has 0 aliphatic heterocycles. The van der Waals surface area contributed by atoms with E-state index in [0.717, 1.165) is 193 Å². The van der Waals surface area contributed by atoms with Crippen LogP contribution in [-0.2, 0) is 65.4 Å². The number of phosphoric acid groups is 2. The molecule has 0 saturated heterocycles. The molecule has 0 fully saturated rings. The zero-order valence-corrected chi connectivity index (χ0v) is 63.7. The van der Waals surface area contributed by atoms with E-state index in [1.807, 2.05) is 0 Å². The molecule has 0 rings (SSSR count). The Bertz CT molecular complexity index is 2190. The molecule has 5 unspecified atom stereocenters. The Morgan fingerprint density at radius 2 is 0.531 bits per heavy atom. The molecule has 0 heterocycles. The van der Waals surface area contributed by atoms with Crippen molar-refractivity contribution in [2.24, 2.45) is 0 Å². The monoisotopic (exact) mass is 1420 g/mol. The Balaban J connectivity index is 5.33. The van der Waals surface area contributed by atoms with Crippen molar-refractivity contribution in [1.82, 2.24) is 0 Å². The molecule has 0 aromatic rings. The second kappa shape index (κ2) is 71.6. The first kappa shape index (κ1) is 94.2. The first-order valence-electron chi connectivity index (χ1n) is 38.8. The molecule has 0 spiro atoms. The molecular formula is C79H140O17P2. The van der Waals surface area contributed by atoms with Gasteiger partial charge in [0.05, 0.1) is 26.4 Å². The summed E-state index contributed by atoms with van der Waals surface area (Å²) in [4.78, 5) is 72.9. The van der Waals surface area contributed by atoms with Crippen LogP contribution in [0, 0.1) is 0 Å². The molecule has 3 N–H and O–H groups in total. The van der Waals surface area contributed by atoms with Crippen molar-refractivity contribution < 1.29 is 80.2 Å². The number of rotatable bonds is 73. The quantitative estimate of drug-likeness (QED) is 0.0169. The van der Waals surface area contributed by atoms with Crippen molar-refractivity contribution >= 4 is 39.5 Å². The van der Waals surface area contributed by atoms with Gasteiger partial charge in [-0.05, 0) is 116 Å². The van der Waals surface area contributed by atoms with E-state index < -0.39 is 97.5 Å². The third-order valence-electron chi connectivity index (χ3n) is 16.4. The van der Waals surface area contributed by atoms with E-state index >= 15 is 0 Å². The maximum Gasteiger partial charge on any atom is 0.472 e. The maximum atomic E-state index is 13.1. The fraction of sp³-hybridized carbons (Fsp3) is 0.772. The fourth-order valence-electron chi connectivity index (χ4n) is 10.5. The van der Waals surface area contributed by atoms with Gasteiger partial charge in [-0.25, -0.2) is 9.13 Å². The van der Waals surface area contributed by atoms with Crippen LogP contribution in [0.15, 0.2) is 85.1 Å². The number of aliphatic hydroxyl groups is 1. The van der Waals surface area contributed by atoms with Gasteiger partial charge in [-0.3, -0.25) is 37.3 Å². The van der Waals surface area contributed by atoms with Crippen LogP contribution in [0.25, 0.3) is 0 Å². The van der Waals surface area contributed by atoms with Crippen molar-refractivity contribution in [3.8, 4) is 0 Å². The summed E-state index contributed by atoms with van der Waals surface area (Å²) >= 11 is 0. The molecule has 0 aliphatic carbocycles. The minimum atomic E-state index is -4.98. The summed E-state index contributed by atoms with van der Waals surface area (Å²) in [6.45, 7) is 4.64. The Morgan fingerprint density at radius 1 is 0.296 bits per heavy atom. The van der Waals surface area contributed by atoms with Gasteiger partial charge in [0.15, 0.2) is 12.2 Å². The summed E-state index contributed by atoms with van der Waals surface area (Å²) < 4.78 is 68.5. The molecule has 17 nitrogen and oxygen atoms in total. The SMILES string of the molecule is CC/C=C\C/C=C\C/C=C\CCCCCCCCCC(=O)OCC(COP(=O)(O)OCC(O)COP(=O)(O)OCC(COC(=O)CCCCCCC/C=C\CCCCCC)OC(=O)CCCCCCCCCCCCC)OC(=O)CCCCCCCCC/C=C\C/C=C\C/C=C\CC. The predicted octanol–water partition coefficient (Wildman–Crippen LogP) is 22.2. The lowest BCUT2D eigenvalue weighted by atomic mass is 10.1. The average molecular weight is 1420 g/mol. The minimum Gasteiger partial charge on any atom is -0.462 e. The largest absolute Gasteiger partial charge is 0.472 e. The summed E-state index contributed by atoms with van der Waals surface area (Å²) in [5.41, 5.74) is 0. The standard InChI is InChI=1S/C79H140O17P2/c1-5-9-13-17-21-25-29-32-34-36-38-41-45-48-52-56-60-64-77(82)90-70-75(96-79(84)66-62-58-54-50-46-42-39-37-35-33-30-26-22-18-14-10-6-2)72-94-98(87,88)92-68-73(80)67-91-97(85,86)93-71-74(95-78(83)65-61-57-53-49-43-28-24-20-16-12-8-4)69-89-76(81)63-59-55-51-47-44-40-31-27-23-19-15-11-7-3/h9-10,13-14,21-22,25-27,31-35,73-75,80H,5-8,11-12,15-20,23-24,28-30,36-72H2,1-4H3,(H,85,86)(H,87,88)/b13-9-,14-10-,25-21-,26-22-,31-27-,34-32-,35-33-. The van der Waals surface area contributed by atoms with E-state index in [1.165, 1.54) is 64.2 Å². The molecule has 0 saturated carbocycles. The molecular weight excluding hydrogens is 1280 g/mol. The highest BCUT2D eigenvalue weighted by molar-refractivity contribution is 7.47. The Morgan fingerprint density at radius 3 is 0.837 bits per heavy atom. The molecule has 0 aromatic carbocycles. The smallest absolute Gasteiger partial charge is 0.462 e. The van der Waals surface area contributed by atoms with E-state index in [0.29, 0.717) is 25.7 Å². The zero-order valence-electron chi connectivity index (χ0n) is 62.0. The lowest BCUT2D eigenvalue weighted by molar-refractivity contribution is -0.161. The van der Waals surface area contributed by atoms with E-state index in [9.17, 15) is 43.2 Å². The Labute approximate surface area is 595 Å². The highest BCUT2D eigenvalue weighted by Gasteiger charge is 2.30. The normalized spacial score (nSPS) is 14.4.